The van der Waals surface area contributed by atoms with Crippen LogP contribution in [0.4, 0.5) is 5.69 Å². The van der Waals surface area contributed by atoms with E-state index in [2.05, 4.69) is 4.98 Å². The minimum absolute atomic E-state index is 0.0689. The molecule has 0 bridgehead atoms. The molecule has 3 N–H and O–H groups in total. The van der Waals surface area contributed by atoms with Crippen LogP contribution in [0.15, 0.2) is 29.2 Å². The second-order valence-corrected chi connectivity index (χ2v) is 3.05. The number of nitrogens with one attached hydrogen (secondary N) is 1. The van der Waals surface area contributed by atoms with Crippen molar-refractivity contribution in [2.75, 3.05) is 5.73 Å². The largest absolute Gasteiger partial charge is 0.398 e. The zero-order chi connectivity index (χ0) is 9.42. The highest BCUT2D eigenvalue weighted by Gasteiger charge is 2.02. The van der Waals surface area contributed by atoms with Gasteiger partial charge in [-0.05, 0) is 36.1 Å². The molecule has 1 aromatic carbocycles. The molecule has 0 amide bonds. The van der Waals surface area contributed by atoms with Crippen molar-refractivity contribution in [1.82, 2.24) is 4.98 Å². The molecule has 0 saturated carbocycles. The first-order valence-corrected chi connectivity index (χ1v) is 4.06. The molecule has 3 nitrogen and oxygen atoms in total. The number of nitrogens with two attached hydrogens (primary N) is 1. The van der Waals surface area contributed by atoms with Gasteiger partial charge in [0.1, 0.15) is 0 Å². The molecule has 13 heavy (non-hydrogen) atoms. The molecule has 2 aromatic rings. The van der Waals surface area contributed by atoms with E-state index >= 15 is 0 Å². The first-order chi connectivity index (χ1) is 6.20. The fourth-order valence-corrected chi connectivity index (χ4v) is 1.44. The van der Waals surface area contributed by atoms with Gasteiger partial charge in [-0.1, -0.05) is 0 Å². The van der Waals surface area contributed by atoms with Gasteiger partial charge in [-0.25, -0.2) is 0 Å². The van der Waals surface area contributed by atoms with Crippen molar-refractivity contribution in [3.8, 4) is 0 Å². The zero-order valence-electron chi connectivity index (χ0n) is 7.29. The van der Waals surface area contributed by atoms with E-state index < -0.39 is 0 Å². The Morgan fingerprint density at radius 2 is 2.00 bits per heavy atom. The average molecular weight is 174 g/mol. The van der Waals surface area contributed by atoms with Gasteiger partial charge in [0.15, 0.2) is 0 Å². The van der Waals surface area contributed by atoms with Crippen LogP contribution < -0.4 is 11.3 Å². The molecule has 1 aromatic heterocycles. The van der Waals surface area contributed by atoms with Crippen molar-refractivity contribution in [2.45, 2.75) is 6.92 Å². The number of benzene rings is 1. The van der Waals surface area contributed by atoms with Crippen molar-refractivity contribution >= 4 is 16.5 Å². The smallest absolute Gasteiger partial charge is 0.255 e. The Labute approximate surface area is 75.2 Å². The molecule has 0 spiro atoms. The summed E-state index contributed by atoms with van der Waals surface area (Å²) < 4.78 is 0. The predicted molar refractivity (Wildman–Crippen MR) is 53.7 cm³/mol. The van der Waals surface area contributed by atoms with Gasteiger partial charge >= 0.3 is 0 Å². The maximum Gasteiger partial charge on any atom is 0.255 e. The Morgan fingerprint density at radius 1 is 1.23 bits per heavy atom. The topological polar surface area (TPSA) is 58.9 Å². The summed E-state index contributed by atoms with van der Waals surface area (Å²) in [5.41, 5.74) is 7.34. The van der Waals surface area contributed by atoms with Crippen LogP contribution in [-0.2, 0) is 0 Å². The lowest BCUT2D eigenvalue weighted by Crippen LogP contribution is -2.05. The second-order valence-electron chi connectivity index (χ2n) is 3.05. The molecule has 2 rings (SSSR count). The number of rotatable bonds is 0. The molecular weight excluding hydrogens is 164 g/mol. The highest BCUT2D eigenvalue weighted by atomic mass is 16.1. The molecule has 66 valence electrons. The third kappa shape index (κ3) is 1.09. The van der Waals surface area contributed by atoms with Crippen LogP contribution >= 0.6 is 0 Å². The van der Waals surface area contributed by atoms with Crippen LogP contribution in [0.3, 0.4) is 0 Å². The van der Waals surface area contributed by atoms with Crippen LogP contribution in [0.1, 0.15) is 5.56 Å². The Hall–Kier alpha value is -1.77. The summed E-state index contributed by atoms with van der Waals surface area (Å²) in [6, 6.07) is 5.37. The first kappa shape index (κ1) is 7.86. The number of aryl methyl sites for hydroxylation is 1. The molecule has 1 heterocycles. The molecule has 0 aliphatic rings. The number of anilines is 1. The maximum absolute atomic E-state index is 11.3. The van der Waals surface area contributed by atoms with Gasteiger partial charge < -0.3 is 10.7 Å². The fraction of sp³-hybridized carbons (Fsp3) is 0.100. The maximum atomic E-state index is 11.3. The predicted octanol–water partition coefficient (Wildman–Crippen LogP) is 1.42. The molecular formula is C10H10N2O. The standard InChI is InChI=1S/C10H10N2O/c1-6-7-4-5-12-10(13)8(7)2-3-9(6)11/h2-5H,11H2,1H3,(H,12,13). The molecule has 0 aliphatic carbocycles. The summed E-state index contributed by atoms with van der Waals surface area (Å²) >= 11 is 0. The molecule has 0 saturated heterocycles. The number of hydrogen-bond donors (Lipinski definition) is 2. The number of fused-ring (bicyclic) bond motifs is 1. The molecule has 3 heteroatoms. The van der Waals surface area contributed by atoms with Gasteiger partial charge in [0, 0.05) is 17.3 Å². The third-order valence-electron chi connectivity index (χ3n) is 2.27. The zero-order valence-corrected chi connectivity index (χ0v) is 7.29. The molecule has 0 radical (unpaired) electrons. The Bertz CT molecular complexity index is 514. The number of aromatic amines is 1. The van der Waals surface area contributed by atoms with E-state index in [-0.39, 0.29) is 5.56 Å². The van der Waals surface area contributed by atoms with Crippen LogP contribution in [0.5, 0.6) is 0 Å². The Morgan fingerprint density at radius 3 is 2.77 bits per heavy atom. The number of pyridine rings is 1. The van der Waals surface area contributed by atoms with Crippen LogP contribution in [0, 0.1) is 6.92 Å². The molecule has 0 aliphatic heterocycles. The minimum Gasteiger partial charge on any atom is -0.398 e. The van der Waals surface area contributed by atoms with E-state index in [1.165, 1.54) is 0 Å². The van der Waals surface area contributed by atoms with E-state index in [0.29, 0.717) is 5.39 Å². The lowest BCUT2D eigenvalue weighted by Gasteiger charge is -2.03. The Balaban J connectivity index is 3.03. The van der Waals surface area contributed by atoms with Gasteiger partial charge in [-0.2, -0.15) is 0 Å². The van der Waals surface area contributed by atoms with E-state index in [9.17, 15) is 4.79 Å². The van der Waals surface area contributed by atoms with Gasteiger partial charge in [0.25, 0.3) is 5.56 Å². The number of nitrogen functional groups attached to an aromatic ring is 1. The summed E-state index contributed by atoms with van der Waals surface area (Å²) in [6.07, 6.45) is 1.64. The second kappa shape index (κ2) is 2.62. The van der Waals surface area contributed by atoms with Crippen LogP contribution in [0.2, 0.25) is 0 Å². The van der Waals surface area contributed by atoms with Crippen LogP contribution in [0.25, 0.3) is 10.8 Å². The summed E-state index contributed by atoms with van der Waals surface area (Å²) in [5.74, 6) is 0. The van der Waals surface area contributed by atoms with Crippen molar-refractivity contribution < 1.29 is 0 Å². The van der Waals surface area contributed by atoms with Crippen molar-refractivity contribution in [3.05, 3.63) is 40.3 Å². The van der Waals surface area contributed by atoms with Crippen molar-refractivity contribution in [1.29, 1.82) is 0 Å². The monoisotopic (exact) mass is 174 g/mol. The van der Waals surface area contributed by atoms with E-state index in [0.717, 1.165) is 16.6 Å². The SMILES string of the molecule is Cc1c(N)ccc2c(=O)[nH]ccc12. The third-order valence-corrected chi connectivity index (χ3v) is 2.27. The lowest BCUT2D eigenvalue weighted by molar-refractivity contribution is 1.27. The van der Waals surface area contributed by atoms with E-state index in [4.69, 9.17) is 5.73 Å². The highest BCUT2D eigenvalue weighted by molar-refractivity contribution is 5.88. The van der Waals surface area contributed by atoms with Gasteiger partial charge in [-0.3, -0.25) is 4.79 Å². The number of H-pyrrole nitrogens is 1. The fourth-order valence-electron chi connectivity index (χ4n) is 1.44. The van der Waals surface area contributed by atoms with Crippen LogP contribution in [-0.4, -0.2) is 4.98 Å². The molecule has 0 atom stereocenters. The average Bonchev–Trinajstić information content (AvgIpc) is 2.12. The summed E-state index contributed by atoms with van der Waals surface area (Å²) in [4.78, 5) is 14.0. The highest BCUT2D eigenvalue weighted by Crippen LogP contribution is 2.19. The normalized spacial score (nSPS) is 10.5. The summed E-state index contributed by atoms with van der Waals surface area (Å²) in [5, 5.41) is 1.61. The Kier molecular flexibility index (Phi) is 1.59. The minimum atomic E-state index is -0.0689. The quantitative estimate of drug-likeness (QED) is 0.593. The lowest BCUT2D eigenvalue weighted by atomic mass is 10.1. The molecule has 0 fully saturated rings. The molecule has 0 unspecified atom stereocenters. The van der Waals surface area contributed by atoms with Gasteiger partial charge in [0.2, 0.25) is 0 Å². The van der Waals surface area contributed by atoms with Crippen molar-refractivity contribution in [2.24, 2.45) is 0 Å². The number of aromatic nitrogens is 1. The van der Waals surface area contributed by atoms with Crippen molar-refractivity contribution in [3.63, 3.8) is 0 Å². The summed E-state index contributed by atoms with van der Waals surface area (Å²) in [7, 11) is 0. The number of hydrogen-bond acceptors (Lipinski definition) is 2. The van der Waals surface area contributed by atoms with E-state index in [1.54, 1.807) is 18.3 Å². The summed E-state index contributed by atoms with van der Waals surface area (Å²) in [6.45, 7) is 1.91. The first-order valence-electron chi connectivity index (χ1n) is 4.06. The van der Waals surface area contributed by atoms with Gasteiger partial charge in [-0.15, -0.1) is 0 Å². The van der Waals surface area contributed by atoms with E-state index in [1.807, 2.05) is 13.0 Å². The van der Waals surface area contributed by atoms with Gasteiger partial charge in [0.05, 0.1) is 0 Å².